The third-order valence-electron chi connectivity index (χ3n) is 14.6. The number of aryl methyl sites for hydroxylation is 1. The highest BCUT2D eigenvalue weighted by Crippen LogP contribution is 2.53. The van der Waals surface area contributed by atoms with Crippen LogP contribution in [0.15, 0.2) is 188 Å². The molecule has 0 saturated carbocycles. The molecule has 12 rings (SSSR count). The zero-order valence-corrected chi connectivity index (χ0v) is 36.6. The van der Waals surface area contributed by atoms with E-state index in [4.69, 9.17) is 0 Å². The van der Waals surface area contributed by atoms with Crippen molar-refractivity contribution >= 4 is 42.3 Å². The molecule has 1 heterocycles. The maximum absolute atomic E-state index is 2.56. The molecule has 10 aromatic rings. The van der Waals surface area contributed by atoms with Gasteiger partial charge in [-0.3, -0.25) is 0 Å². The van der Waals surface area contributed by atoms with Crippen LogP contribution in [-0.4, -0.2) is 0 Å². The molecule has 0 nitrogen and oxygen atoms in total. The molecule has 1 aromatic heterocycles. The van der Waals surface area contributed by atoms with Gasteiger partial charge in [0.1, 0.15) is 0 Å². The van der Waals surface area contributed by atoms with E-state index in [2.05, 4.69) is 216 Å². The van der Waals surface area contributed by atoms with Crippen LogP contribution in [0.3, 0.4) is 0 Å². The SMILES string of the molecule is CC1(C)c2cc(CCC(c3ccc4c(c3)C(C)(C)c3cc(-c5ccccc5)ccc3-4)c3cccc4ccccc34)ccc2-c2ccc(-c3ccc4sc5ccccc5c4c3)cc21. The molecule has 0 amide bonds. The number of thiophene rings is 1. The Morgan fingerprint density at radius 2 is 0.952 bits per heavy atom. The van der Waals surface area contributed by atoms with Crippen molar-refractivity contribution in [2.45, 2.75) is 57.3 Å². The van der Waals surface area contributed by atoms with Gasteiger partial charge in [-0.2, -0.15) is 0 Å². The van der Waals surface area contributed by atoms with Crippen LogP contribution in [0.4, 0.5) is 0 Å². The van der Waals surface area contributed by atoms with Crippen LogP contribution in [0.25, 0.3) is 75.5 Å². The van der Waals surface area contributed by atoms with Gasteiger partial charge >= 0.3 is 0 Å². The van der Waals surface area contributed by atoms with E-state index in [9.17, 15) is 0 Å². The van der Waals surface area contributed by atoms with Gasteiger partial charge < -0.3 is 0 Å². The van der Waals surface area contributed by atoms with Gasteiger partial charge in [0.05, 0.1) is 0 Å². The van der Waals surface area contributed by atoms with E-state index in [-0.39, 0.29) is 16.7 Å². The molecule has 0 N–H and O–H groups in total. The van der Waals surface area contributed by atoms with Crippen molar-refractivity contribution in [2.75, 3.05) is 0 Å². The summed E-state index contributed by atoms with van der Waals surface area (Å²) >= 11 is 1.88. The first-order valence-corrected chi connectivity index (χ1v) is 23.1. The fraction of sp³-hybridized carbons (Fsp3) is 0.148. The molecular formula is C61H48S. The van der Waals surface area contributed by atoms with E-state index >= 15 is 0 Å². The van der Waals surface area contributed by atoms with E-state index in [0.717, 1.165) is 12.8 Å². The Bertz CT molecular complexity index is 3410. The molecule has 2 aliphatic rings. The Morgan fingerprint density at radius 1 is 0.403 bits per heavy atom. The molecule has 62 heavy (non-hydrogen) atoms. The average Bonchev–Trinajstić information content (AvgIpc) is 3.87. The van der Waals surface area contributed by atoms with Crippen molar-refractivity contribution in [3.63, 3.8) is 0 Å². The predicted octanol–water partition coefficient (Wildman–Crippen LogP) is 16.9. The minimum absolute atomic E-state index is 0.105. The van der Waals surface area contributed by atoms with Gasteiger partial charge in [0.2, 0.25) is 0 Å². The van der Waals surface area contributed by atoms with Gasteiger partial charge in [-0.1, -0.05) is 185 Å². The second-order valence-electron chi connectivity index (χ2n) is 18.8. The Kier molecular flexibility index (Phi) is 8.41. The maximum Gasteiger partial charge on any atom is 0.0355 e. The summed E-state index contributed by atoms with van der Waals surface area (Å²) in [7, 11) is 0. The number of hydrogen-bond donors (Lipinski definition) is 0. The lowest BCUT2D eigenvalue weighted by molar-refractivity contribution is 0.653. The third kappa shape index (κ3) is 5.79. The Labute approximate surface area is 369 Å². The van der Waals surface area contributed by atoms with Crippen LogP contribution < -0.4 is 0 Å². The Balaban J connectivity index is 0.883. The summed E-state index contributed by atoms with van der Waals surface area (Å²) in [6.07, 6.45) is 2.02. The summed E-state index contributed by atoms with van der Waals surface area (Å²) in [6, 6.07) is 71.5. The molecule has 9 aromatic carbocycles. The van der Waals surface area contributed by atoms with Crippen LogP contribution >= 0.6 is 11.3 Å². The number of fused-ring (bicyclic) bond motifs is 10. The van der Waals surface area contributed by atoms with E-state index in [0.29, 0.717) is 0 Å². The van der Waals surface area contributed by atoms with Crippen molar-refractivity contribution in [1.82, 2.24) is 0 Å². The van der Waals surface area contributed by atoms with Crippen molar-refractivity contribution in [2.24, 2.45) is 0 Å². The number of rotatable bonds is 7. The quantitative estimate of drug-likeness (QED) is 0.150. The van der Waals surface area contributed by atoms with Crippen molar-refractivity contribution in [3.05, 3.63) is 227 Å². The fourth-order valence-corrected chi connectivity index (χ4v) is 12.3. The summed E-state index contributed by atoms with van der Waals surface area (Å²) in [5, 5.41) is 5.35. The highest BCUT2D eigenvalue weighted by molar-refractivity contribution is 7.25. The van der Waals surface area contributed by atoms with Crippen LogP contribution in [0.1, 0.15) is 79.0 Å². The molecule has 0 bridgehead atoms. The van der Waals surface area contributed by atoms with E-state index in [1.54, 1.807) is 0 Å². The van der Waals surface area contributed by atoms with Crippen molar-refractivity contribution < 1.29 is 0 Å². The maximum atomic E-state index is 2.56. The van der Waals surface area contributed by atoms with Gasteiger partial charge in [0, 0.05) is 36.9 Å². The van der Waals surface area contributed by atoms with Gasteiger partial charge in [-0.15, -0.1) is 11.3 Å². The molecule has 0 aliphatic heterocycles. The lowest BCUT2D eigenvalue weighted by atomic mass is 9.78. The molecule has 2 aliphatic carbocycles. The minimum Gasteiger partial charge on any atom is -0.135 e. The van der Waals surface area contributed by atoms with Gasteiger partial charge in [-0.25, -0.2) is 0 Å². The van der Waals surface area contributed by atoms with Crippen LogP contribution in [0, 0.1) is 0 Å². The predicted molar refractivity (Wildman–Crippen MR) is 266 cm³/mol. The molecule has 1 atom stereocenters. The lowest BCUT2D eigenvalue weighted by Gasteiger charge is -2.25. The number of benzene rings is 9. The summed E-state index contributed by atoms with van der Waals surface area (Å²) in [6.45, 7) is 9.68. The van der Waals surface area contributed by atoms with Crippen LogP contribution in [0.2, 0.25) is 0 Å². The van der Waals surface area contributed by atoms with Crippen LogP contribution in [-0.2, 0) is 17.3 Å². The zero-order valence-electron chi connectivity index (χ0n) is 35.8. The largest absolute Gasteiger partial charge is 0.135 e. The zero-order chi connectivity index (χ0) is 41.7. The monoisotopic (exact) mass is 812 g/mol. The topological polar surface area (TPSA) is 0 Å². The molecular weight excluding hydrogens is 765 g/mol. The number of hydrogen-bond acceptors (Lipinski definition) is 1. The first kappa shape index (κ1) is 37.2. The van der Waals surface area contributed by atoms with Crippen molar-refractivity contribution in [3.8, 4) is 44.5 Å². The standard InChI is InChI=1S/C61H48S/c1-60(2)54-33-38(22-28-48(54)49-30-24-43(36-56(49)60)41-26-32-59-53(34-41)52-18-10-11-20-58(52)62-59)21-27-46(47-19-12-16-40-15-8-9-17-45(40)47)44-25-31-51-50-29-23-42(39-13-6-5-7-14-39)35-55(50)61(3,4)57(51)37-44/h5-20,22-26,28-37,46H,21,27H2,1-4H3. The van der Waals surface area contributed by atoms with E-state index in [1.807, 2.05) is 11.3 Å². The molecule has 298 valence electrons. The minimum atomic E-state index is -0.111. The van der Waals surface area contributed by atoms with Crippen molar-refractivity contribution in [1.29, 1.82) is 0 Å². The molecule has 0 radical (unpaired) electrons. The van der Waals surface area contributed by atoms with Gasteiger partial charge in [-0.05, 0) is 137 Å². The Morgan fingerprint density at radius 3 is 1.71 bits per heavy atom. The molecule has 1 heteroatoms. The second kappa shape index (κ2) is 14.0. The summed E-state index contributed by atoms with van der Waals surface area (Å²) in [5.41, 5.74) is 20.3. The Hall–Kier alpha value is -6.54. The highest BCUT2D eigenvalue weighted by atomic mass is 32.1. The molecule has 0 spiro atoms. The fourth-order valence-electron chi connectivity index (χ4n) is 11.2. The van der Waals surface area contributed by atoms with E-state index in [1.165, 1.54) is 114 Å². The normalized spacial score (nSPS) is 14.8. The third-order valence-corrected chi connectivity index (χ3v) is 15.7. The smallest absolute Gasteiger partial charge is 0.0355 e. The second-order valence-corrected chi connectivity index (χ2v) is 19.9. The first-order chi connectivity index (χ1) is 30.2. The summed E-state index contributed by atoms with van der Waals surface area (Å²) in [5.74, 6) is 0.240. The van der Waals surface area contributed by atoms with Gasteiger partial charge in [0.25, 0.3) is 0 Å². The highest BCUT2D eigenvalue weighted by Gasteiger charge is 2.38. The molecule has 0 fully saturated rings. The summed E-state index contributed by atoms with van der Waals surface area (Å²) in [4.78, 5) is 0. The average molecular weight is 813 g/mol. The molecule has 1 unspecified atom stereocenters. The lowest BCUT2D eigenvalue weighted by Crippen LogP contribution is -2.16. The summed E-state index contributed by atoms with van der Waals surface area (Å²) < 4.78 is 2.70. The van der Waals surface area contributed by atoms with Crippen LogP contribution in [0.5, 0.6) is 0 Å². The first-order valence-electron chi connectivity index (χ1n) is 22.2. The molecule has 0 saturated heterocycles. The van der Waals surface area contributed by atoms with E-state index < -0.39 is 0 Å². The van der Waals surface area contributed by atoms with Gasteiger partial charge in [0.15, 0.2) is 0 Å².